The van der Waals surface area contributed by atoms with E-state index in [1.165, 1.54) is 0 Å². The molecule has 29 heavy (non-hydrogen) atoms. The van der Waals surface area contributed by atoms with E-state index in [9.17, 15) is 14.7 Å². The molecule has 0 aliphatic carbocycles. The molecule has 1 heterocycles. The molecule has 7 nitrogen and oxygen atoms in total. The van der Waals surface area contributed by atoms with Gasteiger partial charge in [0.25, 0.3) is 5.56 Å². The zero-order valence-corrected chi connectivity index (χ0v) is 15.6. The number of aromatic amines is 1. The Bertz CT molecular complexity index is 1330. The van der Waals surface area contributed by atoms with Crippen molar-refractivity contribution in [3.63, 3.8) is 0 Å². The maximum absolute atomic E-state index is 12.4. The Kier molecular flexibility index (Phi) is 4.70. The van der Waals surface area contributed by atoms with Gasteiger partial charge in [0.2, 0.25) is 5.88 Å². The maximum Gasteiger partial charge on any atom is 0.335 e. The second kappa shape index (κ2) is 7.47. The molecule has 0 bridgehead atoms. The summed E-state index contributed by atoms with van der Waals surface area (Å²) in [5.74, 6) is -0.467. The van der Waals surface area contributed by atoms with E-state index >= 15 is 0 Å². The molecule has 0 atom stereocenters. The minimum atomic E-state index is -0.725. The van der Waals surface area contributed by atoms with Gasteiger partial charge in [-0.05, 0) is 30.5 Å². The fourth-order valence-electron chi connectivity index (χ4n) is 3.19. The van der Waals surface area contributed by atoms with Crippen molar-refractivity contribution in [2.24, 2.45) is 5.10 Å². The number of hydrogen-bond donors (Lipinski definition) is 3. The van der Waals surface area contributed by atoms with Crippen molar-refractivity contribution >= 4 is 22.2 Å². The summed E-state index contributed by atoms with van der Waals surface area (Å²) in [4.78, 5) is 26.9. The zero-order valence-electron chi connectivity index (χ0n) is 15.6. The summed E-state index contributed by atoms with van der Waals surface area (Å²) in [5, 5.41) is 17.0. The number of H-pyrrole nitrogens is 1. The van der Waals surface area contributed by atoms with Crippen LogP contribution in [0.5, 0.6) is 5.88 Å². The Hall–Kier alpha value is -4.13. The standard InChI is InChI=1S/C22H18N4O3/c1-14(24-25-18-13-7-9-15-8-5-6-12-17(15)18)19-20(27)23-22(29)26(21(19)28)16-10-3-2-4-11-16/h2-13,25,28H,1H3,(H,23,27,29)/b24-14+. The fraction of sp³-hybridized carbons (Fsp3) is 0.0455. The maximum atomic E-state index is 12.4. The summed E-state index contributed by atoms with van der Waals surface area (Å²) in [6, 6.07) is 22.1. The number of nitrogens with one attached hydrogen (secondary N) is 2. The van der Waals surface area contributed by atoms with Crippen LogP contribution in [0.15, 0.2) is 87.5 Å². The number of aromatic nitrogens is 2. The molecule has 0 saturated carbocycles. The Morgan fingerprint density at radius 1 is 0.966 bits per heavy atom. The van der Waals surface area contributed by atoms with E-state index in [2.05, 4.69) is 15.5 Å². The molecule has 3 aromatic carbocycles. The topological polar surface area (TPSA) is 99.5 Å². The summed E-state index contributed by atoms with van der Waals surface area (Å²) < 4.78 is 1.04. The first-order valence-corrected chi connectivity index (χ1v) is 8.98. The highest BCUT2D eigenvalue weighted by Gasteiger charge is 2.18. The summed E-state index contributed by atoms with van der Waals surface area (Å²) in [6.07, 6.45) is 0. The summed E-state index contributed by atoms with van der Waals surface area (Å²) in [5.41, 5.74) is 2.87. The Morgan fingerprint density at radius 2 is 1.66 bits per heavy atom. The van der Waals surface area contributed by atoms with Crippen LogP contribution in [0.1, 0.15) is 12.5 Å². The van der Waals surface area contributed by atoms with Crippen LogP contribution in [0, 0.1) is 0 Å². The quantitative estimate of drug-likeness (QED) is 0.370. The van der Waals surface area contributed by atoms with Crippen LogP contribution in [0.2, 0.25) is 0 Å². The highest BCUT2D eigenvalue weighted by molar-refractivity contribution is 6.01. The lowest BCUT2D eigenvalue weighted by molar-refractivity contribution is 0.429. The molecular weight excluding hydrogens is 368 g/mol. The van der Waals surface area contributed by atoms with Crippen LogP contribution >= 0.6 is 0 Å². The minimum absolute atomic E-state index is 0.0822. The Labute approximate surface area is 165 Å². The van der Waals surface area contributed by atoms with Crippen LogP contribution in [0.4, 0.5) is 5.69 Å². The van der Waals surface area contributed by atoms with E-state index in [-0.39, 0.29) is 11.3 Å². The van der Waals surface area contributed by atoms with Gasteiger partial charge < -0.3 is 5.11 Å². The van der Waals surface area contributed by atoms with Crippen molar-refractivity contribution in [2.45, 2.75) is 6.92 Å². The first-order chi connectivity index (χ1) is 14.1. The van der Waals surface area contributed by atoms with E-state index in [1.54, 1.807) is 37.3 Å². The molecule has 4 aromatic rings. The first-order valence-electron chi connectivity index (χ1n) is 8.98. The number of aromatic hydroxyl groups is 1. The lowest BCUT2D eigenvalue weighted by Gasteiger charge is -2.12. The van der Waals surface area contributed by atoms with Crippen molar-refractivity contribution in [1.82, 2.24) is 9.55 Å². The predicted octanol–water partition coefficient (Wildman–Crippen LogP) is 3.22. The third kappa shape index (κ3) is 3.41. The van der Waals surface area contributed by atoms with Gasteiger partial charge >= 0.3 is 5.69 Å². The van der Waals surface area contributed by atoms with Gasteiger partial charge in [-0.25, -0.2) is 9.36 Å². The van der Waals surface area contributed by atoms with Gasteiger partial charge in [0.15, 0.2) is 0 Å². The fourth-order valence-corrected chi connectivity index (χ4v) is 3.19. The van der Waals surface area contributed by atoms with Crippen molar-refractivity contribution < 1.29 is 5.11 Å². The second-order valence-electron chi connectivity index (χ2n) is 6.46. The molecule has 0 spiro atoms. The molecule has 4 rings (SSSR count). The average Bonchev–Trinajstić information content (AvgIpc) is 2.72. The number of anilines is 1. The van der Waals surface area contributed by atoms with Gasteiger partial charge in [-0.15, -0.1) is 0 Å². The SMILES string of the molecule is C/C(=N\Nc1cccc2ccccc12)c1c(O)n(-c2ccccc2)c(=O)[nH]c1=O. The van der Waals surface area contributed by atoms with Crippen molar-refractivity contribution in [1.29, 1.82) is 0 Å². The van der Waals surface area contributed by atoms with Gasteiger partial charge in [0.1, 0.15) is 5.56 Å². The Morgan fingerprint density at radius 3 is 2.45 bits per heavy atom. The third-order valence-corrected chi connectivity index (χ3v) is 4.60. The molecule has 144 valence electrons. The molecule has 1 aromatic heterocycles. The van der Waals surface area contributed by atoms with E-state index in [1.807, 2.05) is 42.5 Å². The normalized spacial score (nSPS) is 11.6. The largest absolute Gasteiger partial charge is 0.493 e. The molecule has 0 saturated heterocycles. The smallest absolute Gasteiger partial charge is 0.335 e. The molecule has 0 amide bonds. The number of hydrogen-bond acceptors (Lipinski definition) is 5. The second-order valence-corrected chi connectivity index (χ2v) is 6.46. The predicted molar refractivity (Wildman–Crippen MR) is 114 cm³/mol. The minimum Gasteiger partial charge on any atom is -0.493 e. The molecule has 0 fully saturated rings. The average molecular weight is 386 g/mol. The molecule has 0 aliphatic heterocycles. The van der Waals surface area contributed by atoms with E-state index < -0.39 is 17.1 Å². The highest BCUT2D eigenvalue weighted by atomic mass is 16.3. The highest BCUT2D eigenvalue weighted by Crippen LogP contribution is 2.23. The summed E-state index contributed by atoms with van der Waals surface area (Å²) in [6.45, 7) is 1.59. The third-order valence-electron chi connectivity index (χ3n) is 4.60. The Balaban J connectivity index is 1.78. The zero-order chi connectivity index (χ0) is 20.4. The molecule has 0 aliphatic rings. The van der Waals surface area contributed by atoms with Gasteiger partial charge in [0, 0.05) is 5.39 Å². The van der Waals surface area contributed by atoms with Gasteiger partial charge in [-0.2, -0.15) is 5.10 Å². The number of hydrazone groups is 1. The molecule has 0 radical (unpaired) electrons. The van der Waals surface area contributed by atoms with Crippen LogP contribution in [0.3, 0.4) is 0 Å². The number of benzene rings is 3. The van der Waals surface area contributed by atoms with Crippen LogP contribution in [0.25, 0.3) is 16.5 Å². The number of rotatable bonds is 4. The first kappa shape index (κ1) is 18.2. The molecule has 0 unspecified atom stereocenters. The van der Waals surface area contributed by atoms with E-state index in [0.717, 1.165) is 21.0 Å². The van der Waals surface area contributed by atoms with Gasteiger partial charge in [0.05, 0.1) is 17.1 Å². The van der Waals surface area contributed by atoms with E-state index in [4.69, 9.17) is 0 Å². The van der Waals surface area contributed by atoms with Crippen molar-refractivity contribution in [3.05, 3.63) is 99.2 Å². The lowest BCUT2D eigenvalue weighted by atomic mass is 10.1. The van der Waals surface area contributed by atoms with Crippen LogP contribution in [-0.4, -0.2) is 20.4 Å². The number of para-hydroxylation sites is 1. The number of fused-ring (bicyclic) bond motifs is 1. The number of nitrogens with zero attached hydrogens (tertiary/aromatic N) is 2. The molecule has 7 heteroatoms. The van der Waals surface area contributed by atoms with Gasteiger partial charge in [-0.1, -0.05) is 54.6 Å². The van der Waals surface area contributed by atoms with Crippen molar-refractivity contribution in [3.8, 4) is 11.6 Å². The summed E-state index contributed by atoms with van der Waals surface area (Å²) >= 11 is 0. The van der Waals surface area contributed by atoms with Crippen LogP contribution in [-0.2, 0) is 0 Å². The lowest BCUT2D eigenvalue weighted by Crippen LogP contribution is -2.32. The van der Waals surface area contributed by atoms with Crippen molar-refractivity contribution in [2.75, 3.05) is 5.43 Å². The molecular formula is C22H18N4O3. The van der Waals surface area contributed by atoms with Crippen LogP contribution < -0.4 is 16.7 Å². The van der Waals surface area contributed by atoms with Gasteiger partial charge in [-0.3, -0.25) is 15.2 Å². The monoisotopic (exact) mass is 386 g/mol. The summed E-state index contributed by atoms with van der Waals surface area (Å²) in [7, 11) is 0. The van der Waals surface area contributed by atoms with E-state index in [0.29, 0.717) is 5.69 Å². The molecule has 3 N–H and O–H groups in total.